The van der Waals surface area contributed by atoms with Crippen molar-refractivity contribution in [1.82, 2.24) is 9.78 Å². The third-order valence-corrected chi connectivity index (χ3v) is 2.45. The first-order valence-electron chi connectivity index (χ1n) is 5.16. The lowest BCUT2D eigenvalue weighted by molar-refractivity contribution is 0.628. The highest BCUT2D eigenvalue weighted by Crippen LogP contribution is 2.18. The van der Waals surface area contributed by atoms with Crippen LogP contribution in [0, 0.1) is 5.82 Å². The fourth-order valence-electron chi connectivity index (χ4n) is 1.54. The van der Waals surface area contributed by atoms with E-state index in [9.17, 15) is 4.39 Å². The molecule has 0 fully saturated rings. The second kappa shape index (κ2) is 4.35. The smallest absolute Gasteiger partial charge is 0.123 e. The third kappa shape index (κ3) is 2.39. The number of hydrogen-bond acceptors (Lipinski definition) is 2. The molecule has 0 aliphatic carbocycles. The summed E-state index contributed by atoms with van der Waals surface area (Å²) in [5.74, 6) is -0.223. The highest BCUT2D eigenvalue weighted by molar-refractivity contribution is 5.44. The molecule has 2 rings (SSSR count). The molecule has 0 radical (unpaired) electrons. The van der Waals surface area contributed by atoms with E-state index >= 15 is 0 Å². The molecule has 84 valence electrons. The van der Waals surface area contributed by atoms with Gasteiger partial charge in [0, 0.05) is 24.5 Å². The van der Waals surface area contributed by atoms with Gasteiger partial charge >= 0.3 is 0 Å². The number of aryl methyl sites for hydroxylation is 1. The Hall–Kier alpha value is -1.84. The van der Waals surface area contributed by atoms with Crippen LogP contribution in [0.4, 0.5) is 10.1 Å². The molecule has 1 N–H and O–H groups in total. The molecular weight excluding hydrogens is 205 g/mol. The van der Waals surface area contributed by atoms with Crippen LogP contribution in [0.5, 0.6) is 0 Å². The monoisotopic (exact) mass is 219 g/mol. The van der Waals surface area contributed by atoms with Crippen molar-refractivity contribution in [3.63, 3.8) is 0 Å². The van der Waals surface area contributed by atoms with Gasteiger partial charge in [-0.05, 0) is 31.2 Å². The van der Waals surface area contributed by atoms with Gasteiger partial charge in [0.1, 0.15) is 5.82 Å². The minimum absolute atomic E-state index is 0.152. The van der Waals surface area contributed by atoms with Crippen molar-refractivity contribution < 1.29 is 4.39 Å². The maximum atomic E-state index is 12.7. The average molecular weight is 219 g/mol. The number of nitrogens with zero attached hydrogens (tertiary/aromatic N) is 2. The lowest BCUT2D eigenvalue weighted by Crippen LogP contribution is -2.05. The van der Waals surface area contributed by atoms with E-state index in [4.69, 9.17) is 0 Å². The summed E-state index contributed by atoms with van der Waals surface area (Å²) in [6, 6.07) is 6.49. The van der Waals surface area contributed by atoms with Crippen molar-refractivity contribution in [3.8, 4) is 0 Å². The zero-order valence-corrected chi connectivity index (χ0v) is 9.31. The number of aromatic nitrogens is 2. The van der Waals surface area contributed by atoms with Crippen LogP contribution in [0.2, 0.25) is 0 Å². The number of benzene rings is 1. The molecule has 1 aromatic heterocycles. The van der Waals surface area contributed by atoms with Crippen LogP contribution in [-0.4, -0.2) is 9.78 Å². The zero-order valence-electron chi connectivity index (χ0n) is 9.31. The number of rotatable bonds is 3. The Morgan fingerprint density at radius 1 is 1.31 bits per heavy atom. The van der Waals surface area contributed by atoms with Gasteiger partial charge < -0.3 is 5.32 Å². The predicted molar refractivity (Wildman–Crippen MR) is 61.6 cm³/mol. The number of hydrogen-bond donors (Lipinski definition) is 1. The summed E-state index contributed by atoms with van der Waals surface area (Å²) in [7, 11) is 1.88. The Labute approximate surface area is 93.9 Å². The Morgan fingerprint density at radius 3 is 2.56 bits per heavy atom. The van der Waals surface area contributed by atoms with E-state index < -0.39 is 0 Å². The second-order valence-electron chi connectivity index (χ2n) is 3.82. The molecule has 0 saturated heterocycles. The lowest BCUT2D eigenvalue weighted by atomic mass is 10.2. The molecule has 4 heteroatoms. The van der Waals surface area contributed by atoms with Gasteiger partial charge in [0.25, 0.3) is 0 Å². The van der Waals surface area contributed by atoms with E-state index in [0.29, 0.717) is 0 Å². The SMILES string of the molecule is CC(Nc1ccc(F)cc1)c1cnn(C)c1. The number of halogens is 1. The Kier molecular flexibility index (Phi) is 2.90. The van der Waals surface area contributed by atoms with Crippen LogP contribution in [0.3, 0.4) is 0 Å². The largest absolute Gasteiger partial charge is 0.378 e. The van der Waals surface area contributed by atoms with Crippen molar-refractivity contribution in [2.75, 3.05) is 5.32 Å². The van der Waals surface area contributed by atoms with Crippen molar-refractivity contribution in [2.24, 2.45) is 7.05 Å². The van der Waals surface area contributed by atoms with Crippen LogP contribution in [0.1, 0.15) is 18.5 Å². The molecule has 0 saturated carbocycles. The van der Waals surface area contributed by atoms with Gasteiger partial charge in [0.05, 0.1) is 12.2 Å². The van der Waals surface area contributed by atoms with E-state index in [1.165, 1.54) is 12.1 Å². The first-order valence-corrected chi connectivity index (χ1v) is 5.16. The molecule has 0 amide bonds. The minimum atomic E-state index is -0.223. The highest BCUT2D eigenvalue weighted by atomic mass is 19.1. The van der Waals surface area contributed by atoms with Crippen molar-refractivity contribution in [1.29, 1.82) is 0 Å². The standard InChI is InChI=1S/C12H14FN3/c1-9(10-7-14-16(2)8-10)15-12-5-3-11(13)4-6-12/h3-9,15H,1-2H3. The van der Waals surface area contributed by atoms with Crippen molar-refractivity contribution >= 4 is 5.69 Å². The first kappa shape index (κ1) is 10.7. The fourth-order valence-corrected chi connectivity index (χ4v) is 1.54. The molecule has 0 bridgehead atoms. The van der Waals surface area contributed by atoms with E-state index in [0.717, 1.165) is 11.3 Å². The van der Waals surface area contributed by atoms with E-state index in [-0.39, 0.29) is 11.9 Å². The molecule has 2 aromatic rings. The summed E-state index contributed by atoms with van der Waals surface area (Å²) >= 11 is 0. The number of nitrogens with one attached hydrogen (secondary N) is 1. The molecule has 0 spiro atoms. The first-order chi connectivity index (χ1) is 7.65. The van der Waals surface area contributed by atoms with Crippen LogP contribution >= 0.6 is 0 Å². The topological polar surface area (TPSA) is 29.9 Å². The quantitative estimate of drug-likeness (QED) is 0.860. The summed E-state index contributed by atoms with van der Waals surface area (Å²) in [5, 5.41) is 7.39. The number of anilines is 1. The maximum absolute atomic E-state index is 12.7. The van der Waals surface area contributed by atoms with Crippen molar-refractivity contribution in [3.05, 3.63) is 48.0 Å². The molecule has 16 heavy (non-hydrogen) atoms. The zero-order chi connectivity index (χ0) is 11.5. The van der Waals surface area contributed by atoms with Crippen LogP contribution < -0.4 is 5.32 Å². The Bertz CT molecular complexity index is 461. The van der Waals surface area contributed by atoms with E-state index in [2.05, 4.69) is 10.4 Å². The summed E-state index contributed by atoms with van der Waals surface area (Å²) in [6.07, 6.45) is 3.78. The van der Waals surface area contributed by atoms with Gasteiger partial charge in [-0.15, -0.1) is 0 Å². The third-order valence-electron chi connectivity index (χ3n) is 2.45. The summed E-state index contributed by atoms with van der Waals surface area (Å²) < 4.78 is 14.5. The molecule has 0 aliphatic rings. The Morgan fingerprint density at radius 2 is 2.00 bits per heavy atom. The predicted octanol–water partition coefficient (Wildman–Crippen LogP) is 2.73. The van der Waals surface area contributed by atoms with Gasteiger partial charge in [-0.25, -0.2) is 4.39 Å². The van der Waals surface area contributed by atoms with Crippen LogP contribution in [0.15, 0.2) is 36.7 Å². The summed E-state index contributed by atoms with van der Waals surface area (Å²) in [4.78, 5) is 0. The lowest BCUT2D eigenvalue weighted by Gasteiger charge is -2.13. The van der Waals surface area contributed by atoms with Crippen LogP contribution in [-0.2, 0) is 7.05 Å². The molecule has 1 atom stereocenters. The molecule has 0 aliphatic heterocycles. The van der Waals surface area contributed by atoms with E-state index in [1.807, 2.05) is 26.4 Å². The summed E-state index contributed by atoms with van der Waals surface area (Å²) in [6.45, 7) is 2.04. The molecule has 1 unspecified atom stereocenters. The Balaban J connectivity index is 2.07. The fraction of sp³-hybridized carbons (Fsp3) is 0.250. The van der Waals surface area contributed by atoms with Gasteiger partial charge in [0.2, 0.25) is 0 Å². The average Bonchev–Trinajstić information content (AvgIpc) is 2.68. The molecule has 3 nitrogen and oxygen atoms in total. The van der Waals surface area contributed by atoms with Gasteiger partial charge in [0.15, 0.2) is 0 Å². The van der Waals surface area contributed by atoms with Gasteiger partial charge in [-0.3, -0.25) is 4.68 Å². The van der Waals surface area contributed by atoms with Gasteiger partial charge in [-0.2, -0.15) is 5.10 Å². The van der Waals surface area contributed by atoms with Crippen LogP contribution in [0.25, 0.3) is 0 Å². The van der Waals surface area contributed by atoms with E-state index in [1.54, 1.807) is 16.8 Å². The van der Waals surface area contributed by atoms with Crippen molar-refractivity contribution in [2.45, 2.75) is 13.0 Å². The molecule has 1 heterocycles. The highest BCUT2D eigenvalue weighted by Gasteiger charge is 2.06. The maximum Gasteiger partial charge on any atom is 0.123 e. The van der Waals surface area contributed by atoms with Gasteiger partial charge in [-0.1, -0.05) is 0 Å². The second-order valence-corrected chi connectivity index (χ2v) is 3.82. The summed E-state index contributed by atoms with van der Waals surface area (Å²) in [5.41, 5.74) is 2.00. The minimum Gasteiger partial charge on any atom is -0.378 e. The normalized spacial score (nSPS) is 12.4. The molecule has 1 aromatic carbocycles. The molecular formula is C12H14FN3.